The second-order valence-electron chi connectivity index (χ2n) is 9.38. The van der Waals surface area contributed by atoms with Crippen LogP contribution in [0, 0.1) is 18.8 Å². The van der Waals surface area contributed by atoms with E-state index in [4.69, 9.17) is 0 Å². The zero-order valence-electron chi connectivity index (χ0n) is 22.4. The number of pyridine rings is 3. The van der Waals surface area contributed by atoms with Crippen molar-refractivity contribution in [2.75, 3.05) is 6.54 Å². The van der Waals surface area contributed by atoms with E-state index in [1.165, 1.54) is 6.92 Å². The summed E-state index contributed by atoms with van der Waals surface area (Å²) in [6.45, 7) is 5.22. The number of nitrogens with one attached hydrogen (secondary N) is 2. The molecule has 0 aliphatic heterocycles. The maximum absolute atomic E-state index is 14.1. The van der Waals surface area contributed by atoms with Crippen molar-refractivity contribution in [3.05, 3.63) is 112 Å². The zero-order valence-corrected chi connectivity index (χ0v) is 22.4. The number of carbonyl (C=O) groups is 2. The normalized spacial score (nSPS) is 11.5. The minimum Gasteiger partial charge on any atom is -0.345 e. The summed E-state index contributed by atoms with van der Waals surface area (Å²) in [6, 6.07) is 19.8. The number of fused-ring (bicyclic) bond motifs is 2. The predicted octanol–water partition coefficient (Wildman–Crippen LogP) is 4.22. The van der Waals surface area contributed by atoms with Crippen molar-refractivity contribution in [1.82, 2.24) is 25.2 Å². The maximum atomic E-state index is 14.1. The SMILES string of the molecule is CC(=O)NCC#Cc1cccc2cc([C@@H](C)NC(=O)c3c(C)ncc4cccnc34)n(-c3ccccc3)c(=O)c12. The molecule has 0 aliphatic carbocycles. The first kappa shape index (κ1) is 26.3. The van der Waals surface area contributed by atoms with Crippen molar-refractivity contribution in [1.29, 1.82) is 0 Å². The van der Waals surface area contributed by atoms with Crippen molar-refractivity contribution < 1.29 is 9.59 Å². The quantitative estimate of drug-likeness (QED) is 0.332. The van der Waals surface area contributed by atoms with Gasteiger partial charge in [0.25, 0.3) is 11.5 Å². The molecule has 2 aromatic carbocycles. The number of rotatable bonds is 5. The number of benzene rings is 2. The Bertz CT molecular complexity index is 1880. The summed E-state index contributed by atoms with van der Waals surface area (Å²) < 4.78 is 1.61. The smallest absolute Gasteiger partial charge is 0.264 e. The molecule has 5 rings (SSSR count). The number of nitrogens with zero attached hydrogens (tertiary/aromatic N) is 3. The zero-order chi connectivity index (χ0) is 28.2. The summed E-state index contributed by atoms with van der Waals surface area (Å²) in [5.74, 6) is 5.44. The van der Waals surface area contributed by atoms with Crippen LogP contribution in [0.3, 0.4) is 0 Å². The molecule has 40 heavy (non-hydrogen) atoms. The fourth-order valence-corrected chi connectivity index (χ4v) is 4.70. The van der Waals surface area contributed by atoms with Crippen molar-refractivity contribution >= 4 is 33.5 Å². The van der Waals surface area contributed by atoms with Gasteiger partial charge in [-0.3, -0.25) is 28.9 Å². The molecule has 0 saturated carbocycles. The third kappa shape index (κ3) is 5.18. The van der Waals surface area contributed by atoms with Gasteiger partial charge in [-0.05, 0) is 55.6 Å². The van der Waals surface area contributed by atoms with Crippen molar-refractivity contribution in [2.24, 2.45) is 0 Å². The molecule has 0 fully saturated rings. The van der Waals surface area contributed by atoms with Crippen molar-refractivity contribution in [3.63, 3.8) is 0 Å². The summed E-state index contributed by atoms with van der Waals surface area (Å²) in [4.78, 5) is 47.7. The van der Waals surface area contributed by atoms with E-state index in [9.17, 15) is 14.4 Å². The van der Waals surface area contributed by atoms with E-state index >= 15 is 0 Å². The summed E-state index contributed by atoms with van der Waals surface area (Å²) in [5.41, 5.74) is 3.11. The van der Waals surface area contributed by atoms with E-state index in [2.05, 4.69) is 32.4 Å². The van der Waals surface area contributed by atoms with Gasteiger partial charge in [-0.2, -0.15) is 0 Å². The second kappa shape index (κ2) is 11.2. The van der Waals surface area contributed by atoms with E-state index in [0.29, 0.717) is 44.5 Å². The number of hydrogen-bond donors (Lipinski definition) is 2. The minimum absolute atomic E-state index is 0.176. The highest BCUT2D eigenvalue weighted by atomic mass is 16.2. The Hall–Kier alpha value is -5.29. The first-order valence-corrected chi connectivity index (χ1v) is 12.8. The molecule has 198 valence electrons. The van der Waals surface area contributed by atoms with Gasteiger partial charge in [0.15, 0.2) is 0 Å². The summed E-state index contributed by atoms with van der Waals surface area (Å²) >= 11 is 0. The first-order chi connectivity index (χ1) is 19.3. The largest absolute Gasteiger partial charge is 0.345 e. The molecule has 2 amide bonds. The molecule has 0 saturated heterocycles. The van der Waals surface area contributed by atoms with E-state index < -0.39 is 6.04 Å². The number of para-hydroxylation sites is 1. The van der Waals surface area contributed by atoms with E-state index in [-0.39, 0.29) is 23.9 Å². The number of amides is 2. The lowest BCUT2D eigenvalue weighted by atomic mass is 10.0. The Morgan fingerprint density at radius 1 is 1.00 bits per heavy atom. The Morgan fingerprint density at radius 2 is 1.77 bits per heavy atom. The monoisotopic (exact) mass is 529 g/mol. The first-order valence-electron chi connectivity index (χ1n) is 12.8. The summed E-state index contributed by atoms with van der Waals surface area (Å²) in [5, 5.41) is 7.64. The molecule has 0 radical (unpaired) electrons. The van der Waals surface area contributed by atoms with E-state index in [1.54, 1.807) is 36.0 Å². The van der Waals surface area contributed by atoms with Crippen LogP contribution < -0.4 is 16.2 Å². The molecule has 0 aliphatic rings. The van der Waals surface area contributed by atoms with Crippen LogP contribution in [0.5, 0.6) is 0 Å². The standard InChI is InChI=1S/C32H27N5O3/c1-20(36-31(39)28-21(2)35-19-25-13-9-17-34-30(25)28)27-18-24-11-7-10-23(12-8-16-33-22(3)38)29(24)32(40)37(27)26-14-5-4-6-15-26/h4-7,9-11,13-15,17-20H,16H2,1-3H3,(H,33,38)(H,36,39)/t20-/m1/s1. The Kier molecular flexibility index (Phi) is 7.38. The van der Waals surface area contributed by atoms with E-state index in [0.717, 1.165) is 5.39 Å². The van der Waals surface area contributed by atoms with Crippen molar-refractivity contribution in [2.45, 2.75) is 26.8 Å². The molecule has 0 unspecified atom stereocenters. The predicted molar refractivity (Wildman–Crippen MR) is 155 cm³/mol. The highest BCUT2D eigenvalue weighted by Crippen LogP contribution is 2.24. The topological polar surface area (TPSA) is 106 Å². The molecule has 8 nitrogen and oxygen atoms in total. The molecule has 3 aromatic heterocycles. The van der Waals surface area contributed by atoms with Gasteiger partial charge in [0.1, 0.15) is 0 Å². The van der Waals surface area contributed by atoms with Crippen LogP contribution in [0.1, 0.15) is 47.2 Å². The van der Waals surface area contributed by atoms with Gasteiger partial charge in [0.2, 0.25) is 5.91 Å². The van der Waals surface area contributed by atoms with Crippen molar-refractivity contribution in [3.8, 4) is 17.5 Å². The molecule has 0 bridgehead atoms. The maximum Gasteiger partial charge on any atom is 0.264 e. The number of aryl methyl sites for hydroxylation is 1. The average molecular weight is 530 g/mol. The van der Waals surface area contributed by atoms with E-state index in [1.807, 2.05) is 61.5 Å². The van der Waals surface area contributed by atoms with Gasteiger partial charge in [-0.1, -0.05) is 42.2 Å². The number of hydrogen-bond acceptors (Lipinski definition) is 5. The summed E-state index contributed by atoms with van der Waals surface area (Å²) in [6.07, 6.45) is 3.35. The lowest BCUT2D eigenvalue weighted by Gasteiger charge is -2.22. The van der Waals surface area contributed by atoms with Crippen LogP contribution in [0.25, 0.3) is 27.4 Å². The average Bonchev–Trinajstić information content (AvgIpc) is 2.95. The number of carbonyl (C=O) groups excluding carboxylic acids is 2. The molecular weight excluding hydrogens is 502 g/mol. The Labute approximate surface area is 231 Å². The van der Waals surface area contributed by atoms with Gasteiger partial charge in [0.05, 0.1) is 34.7 Å². The molecule has 3 heterocycles. The second-order valence-corrected chi connectivity index (χ2v) is 9.38. The van der Waals surface area contributed by atoms with Crippen LogP contribution in [0.4, 0.5) is 0 Å². The minimum atomic E-state index is -0.544. The lowest BCUT2D eigenvalue weighted by molar-refractivity contribution is -0.118. The van der Waals surface area contributed by atoms with Crippen LogP contribution in [0.15, 0.2) is 83.9 Å². The van der Waals surface area contributed by atoms with Gasteiger partial charge in [0, 0.05) is 41.6 Å². The van der Waals surface area contributed by atoms with Gasteiger partial charge >= 0.3 is 0 Å². The molecule has 2 N–H and O–H groups in total. The third-order valence-corrected chi connectivity index (χ3v) is 6.59. The van der Waals surface area contributed by atoms with Gasteiger partial charge < -0.3 is 10.6 Å². The van der Waals surface area contributed by atoms with Gasteiger partial charge in [-0.25, -0.2) is 0 Å². The van der Waals surface area contributed by atoms with Crippen LogP contribution in [-0.2, 0) is 4.79 Å². The number of aromatic nitrogens is 3. The summed E-state index contributed by atoms with van der Waals surface area (Å²) in [7, 11) is 0. The molecule has 1 atom stereocenters. The Morgan fingerprint density at radius 3 is 2.55 bits per heavy atom. The highest BCUT2D eigenvalue weighted by molar-refractivity contribution is 6.06. The molecular formula is C32H27N5O3. The van der Waals surface area contributed by atoms with Crippen LogP contribution in [0.2, 0.25) is 0 Å². The van der Waals surface area contributed by atoms with Crippen LogP contribution in [-0.4, -0.2) is 32.9 Å². The third-order valence-electron chi connectivity index (χ3n) is 6.59. The Balaban J connectivity index is 1.62. The van der Waals surface area contributed by atoms with Crippen LogP contribution >= 0.6 is 0 Å². The van der Waals surface area contributed by atoms with Gasteiger partial charge in [-0.15, -0.1) is 0 Å². The fourth-order valence-electron chi connectivity index (χ4n) is 4.70. The highest BCUT2D eigenvalue weighted by Gasteiger charge is 2.22. The molecule has 0 spiro atoms. The molecule has 5 aromatic rings. The molecule has 8 heteroatoms. The fraction of sp³-hybridized carbons (Fsp3) is 0.156. The lowest BCUT2D eigenvalue weighted by Crippen LogP contribution is -2.32.